The Hall–Kier alpha value is -0.0300. The molecule has 2 rings (SSSR count). The lowest BCUT2D eigenvalue weighted by Crippen LogP contribution is -2.46. The van der Waals surface area contributed by atoms with E-state index < -0.39 is 0 Å². The molecule has 2 fully saturated rings. The summed E-state index contributed by atoms with van der Waals surface area (Å²) in [7, 11) is 1.92. The zero-order chi connectivity index (χ0) is 13.1. The predicted octanol–water partition coefficient (Wildman–Crippen LogP) is 1.77. The normalized spacial score (nSPS) is 27.2. The van der Waals surface area contributed by atoms with Crippen LogP contribution in [0.1, 0.15) is 33.1 Å². The lowest BCUT2D eigenvalue weighted by Gasteiger charge is -2.31. The first-order chi connectivity index (χ1) is 8.67. The summed E-state index contributed by atoms with van der Waals surface area (Å²) in [5.41, 5.74) is 0. The lowest BCUT2D eigenvalue weighted by molar-refractivity contribution is -0.137. The van der Waals surface area contributed by atoms with Crippen molar-refractivity contribution < 1.29 is 4.79 Å². The number of hydrogen-bond donors (Lipinski definition) is 1. The maximum absolute atomic E-state index is 12.6. The van der Waals surface area contributed by atoms with Gasteiger partial charge in [0, 0.05) is 37.6 Å². The summed E-state index contributed by atoms with van der Waals surface area (Å²) in [4.78, 5) is 17.3. The number of hydrogen-bond acceptors (Lipinski definition) is 3. The highest BCUT2D eigenvalue weighted by atomic mass is 35.5. The Morgan fingerprint density at radius 3 is 2.50 bits per heavy atom. The zero-order valence-electron chi connectivity index (χ0n) is 12.8. The van der Waals surface area contributed by atoms with E-state index >= 15 is 0 Å². The third-order valence-corrected chi connectivity index (χ3v) is 4.50. The molecule has 0 aromatic carbocycles. The maximum atomic E-state index is 12.6. The SMILES string of the molecule is CCN1CCC2CCC(C1)N2C(=O)C(C)CNC.Cl.Cl. The molecule has 0 aromatic rings. The summed E-state index contributed by atoms with van der Waals surface area (Å²) in [5.74, 6) is 0.459. The number of likely N-dealkylation sites (tertiary alicyclic amines) is 1. The molecule has 1 amide bonds. The van der Waals surface area contributed by atoms with Gasteiger partial charge >= 0.3 is 0 Å². The van der Waals surface area contributed by atoms with Crippen molar-refractivity contribution in [3.8, 4) is 0 Å². The van der Waals surface area contributed by atoms with Gasteiger partial charge < -0.3 is 15.1 Å². The molecular formula is C14H29Cl2N3O. The number of carbonyl (C=O) groups is 1. The van der Waals surface area contributed by atoms with Crippen molar-refractivity contribution in [2.24, 2.45) is 5.92 Å². The molecule has 2 heterocycles. The number of carbonyl (C=O) groups excluding carboxylic acids is 1. The van der Waals surface area contributed by atoms with Crippen LogP contribution < -0.4 is 5.32 Å². The summed E-state index contributed by atoms with van der Waals surface area (Å²) in [5, 5.41) is 3.12. The number of halogens is 2. The molecule has 0 aromatic heterocycles. The Labute approximate surface area is 135 Å². The zero-order valence-corrected chi connectivity index (χ0v) is 14.4. The van der Waals surface area contributed by atoms with Crippen molar-refractivity contribution in [3.05, 3.63) is 0 Å². The van der Waals surface area contributed by atoms with Gasteiger partial charge in [0.25, 0.3) is 0 Å². The van der Waals surface area contributed by atoms with E-state index in [1.165, 1.54) is 12.8 Å². The van der Waals surface area contributed by atoms with Gasteiger partial charge in [-0.2, -0.15) is 0 Å². The Kier molecular flexibility index (Phi) is 9.07. The van der Waals surface area contributed by atoms with E-state index in [1.54, 1.807) is 0 Å². The van der Waals surface area contributed by atoms with Gasteiger partial charge in [-0.15, -0.1) is 24.8 Å². The molecule has 2 aliphatic heterocycles. The van der Waals surface area contributed by atoms with Crippen LogP contribution in [0.5, 0.6) is 0 Å². The third kappa shape index (κ3) is 4.23. The molecule has 2 saturated heterocycles. The van der Waals surface area contributed by atoms with Crippen molar-refractivity contribution in [2.75, 3.05) is 33.2 Å². The van der Waals surface area contributed by atoms with Crippen LogP contribution in [0.15, 0.2) is 0 Å². The molecule has 4 nitrogen and oxygen atoms in total. The number of likely N-dealkylation sites (N-methyl/N-ethyl adjacent to an activating group) is 1. The average Bonchev–Trinajstić information content (AvgIpc) is 2.64. The van der Waals surface area contributed by atoms with Crippen LogP contribution in [-0.4, -0.2) is 61.0 Å². The first-order valence-corrected chi connectivity index (χ1v) is 7.36. The number of rotatable bonds is 4. The highest BCUT2D eigenvalue weighted by Crippen LogP contribution is 2.31. The Balaban J connectivity index is 0.00000180. The molecule has 0 radical (unpaired) electrons. The fourth-order valence-electron chi connectivity index (χ4n) is 3.44. The minimum atomic E-state index is 0. The topological polar surface area (TPSA) is 35.6 Å². The summed E-state index contributed by atoms with van der Waals surface area (Å²) < 4.78 is 0. The summed E-state index contributed by atoms with van der Waals surface area (Å²) in [6.07, 6.45) is 3.56. The van der Waals surface area contributed by atoms with Crippen LogP contribution in [0.25, 0.3) is 0 Å². The highest BCUT2D eigenvalue weighted by molar-refractivity contribution is 5.85. The Bertz CT molecular complexity index is 304. The second-order valence-corrected chi connectivity index (χ2v) is 5.77. The van der Waals surface area contributed by atoms with Gasteiger partial charge in [0.15, 0.2) is 0 Å². The van der Waals surface area contributed by atoms with Crippen LogP contribution in [0.3, 0.4) is 0 Å². The molecule has 0 saturated carbocycles. The summed E-state index contributed by atoms with van der Waals surface area (Å²) in [6, 6.07) is 0.961. The second kappa shape index (κ2) is 9.08. The van der Waals surface area contributed by atoms with Gasteiger partial charge in [-0.05, 0) is 32.9 Å². The van der Waals surface area contributed by atoms with Crippen molar-refractivity contribution in [2.45, 2.75) is 45.2 Å². The van der Waals surface area contributed by atoms with Crippen LogP contribution in [0.4, 0.5) is 0 Å². The fraction of sp³-hybridized carbons (Fsp3) is 0.929. The van der Waals surface area contributed by atoms with Gasteiger partial charge in [0.05, 0.1) is 0 Å². The summed E-state index contributed by atoms with van der Waals surface area (Å²) in [6.45, 7) is 8.38. The number of nitrogens with zero attached hydrogens (tertiary/aromatic N) is 2. The molecule has 0 spiro atoms. The first-order valence-electron chi connectivity index (χ1n) is 7.36. The molecule has 20 heavy (non-hydrogen) atoms. The third-order valence-electron chi connectivity index (χ3n) is 4.50. The van der Waals surface area contributed by atoms with Crippen LogP contribution in [0.2, 0.25) is 0 Å². The van der Waals surface area contributed by atoms with Crippen molar-refractivity contribution in [1.29, 1.82) is 0 Å². The van der Waals surface area contributed by atoms with Gasteiger partial charge in [-0.25, -0.2) is 0 Å². The lowest BCUT2D eigenvalue weighted by atomic mass is 10.1. The van der Waals surface area contributed by atoms with Crippen molar-refractivity contribution in [3.63, 3.8) is 0 Å². The number of amides is 1. The Morgan fingerprint density at radius 1 is 1.25 bits per heavy atom. The molecule has 1 N–H and O–H groups in total. The molecule has 3 atom stereocenters. The maximum Gasteiger partial charge on any atom is 0.227 e. The minimum absolute atomic E-state index is 0. The van der Waals surface area contributed by atoms with Gasteiger partial charge in [-0.1, -0.05) is 13.8 Å². The average molecular weight is 326 g/mol. The van der Waals surface area contributed by atoms with Crippen molar-refractivity contribution >= 4 is 30.7 Å². The molecule has 6 heteroatoms. The van der Waals surface area contributed by atoms with Crippen molar-refractivity contribution in [1.82, 2.24) is 15.1 Å². The monoisotopic (exact) mass is 325 g/mol. The predicted molar refractivity (Wildman–Crippen MR) is 88.0 cm³/mol. The van der Waals surface area contributed by atoms with Crippen LogP contribution in [-0.2, 0) is 4.79 Å². The van der Waals surface area contributed by atoms with E-state index in [4.69, 9.17) is 0 Å². The van der Waals surface area contributed by atoms with E-state index in [1.807, 2.05) is 14.0 Å². The van der Waals surface area contributed by atoms with E-state index in [2.05, 4.69) is 22.0 Å². The van der Waals surface area contributed by atoms with E-state index in [9.17, 15) is 4.79 Å². The Morgan fingerprint density at radius 2 is 1.90 bits per heavy atom. The molecular weight excluding hydrogens is 297 g/mol. The molecule has 120 valence electrons. The molecule has 3 unspecified atom stereocenters. The minimum Gasteiger partial charge on any atom is -0.335 e. The van der Waals surface area contributed by atoms with Crippen LogP contribution in [0, 0.1) is 5.92 Å². The fourth-order valence-corrected chi connectivity index (χ4v) is 3.44. The van der Waals surface area contributed by atoms with Crippen LogP contribution >= 0.6 is 24.8 Å². The van der Waals surface area contributed by atoms with E-state index in [0.717, 1.165) is 32.6 Å². The summed E-state index contributed by atoms with van der Waals surface area (Å²) >= 11 is 0. The second-order valence-electron chi connectivity index (χ2n) is 5.77. The van der Waals surface area contributed by atoms with Gasteiger partial charge in [-0.3, -0.25) is 4.79 Å². The highest BCUT2D eigenvalue weighted by Gasteiger charge is 2.40. The van der Waals surface area contributed by atoms with Gasteiger partial charge in [0.2, 0.25) is 5.91 Å². The quantitative estimate of drug-likeness (QED) is 0.855. The van der Waals surface area contributed by atoms with Gasteiger partial charge in [0.1, 0.15) is 0 Å². The van der Waals surface area contributed by atoms with E-state index in [-0.39, 0.29) is 30.7 Å². The smallest absolute Gasteiger partial charge is 0.227 e. The largest absolute Gasteiger partial charge is 0.335 e. The standard InChI is InChI=1S/C14H27N3O.2ClH/c1-4-16-8-7-12-5-6-13(10-16)17(12)14(18)11(2)9-15-3;;/h11-13,15H,4-10H2,1-3H3;2*1H. The molecule has 2 aliphatic rings. The molecule has 0 aliphatic carbocycles. The first kappa shape index (κ1) is 20.0. The number of fused-ring (bicyclic) bond motifs is 2. The molecule has 2 bridgehead atoms. The number of nitrogens with one attached hydrogen (secondary N) is 1. The van der Waals surface area contributed by atoms with E-state index in [0.29, 0.717) is 18.0 Å².